The van der Waals surface area contributed by atoms with E-state index < -0.39 is 0 Å². The van der Waals surface area contributed by atoms with E-state index in [9.17, 15) is 0 Å². The molecule has 238 valence electrons. The van der Waals surface area contributed by atoms with Gasteiger partial charge < -0.3 is 4.42 Å². The topological polar surface area (TPSA) is 51.8 Å². The quantitative estimate of drug-likeness (QED) is 0.186. The van der Waals surface area contributed by atoms with Crippen molar-refractivity contribution in [1.82, 2.24) is 15.0 Å². The van der Waals surface area contributed by atoms with Crippen LogP contribution in [0.5, 0.6) is 0 Å². The molecule has 0 fully saturated rings. The van der Waals surface area contributed by atoms with E-state index in [1.807, 2.05) is 60.7 Å². The molecule has 0 unspecified atom stereocenters. The molecule has 0 bridgehead atoms. The van der Waals surface area contributed by atoms with Crippen LogP contribution in [0.4, 0.5) is 0 Å². The highest BCUT2D eigenvalue weighted by Gasteiger charge is 2.18. The Kier molecular flexibility index (Phi) is 6.78. The number of hydrogen-bond donors (Lipinski definition) is 0. The lowest BCUT2D eigenvalue weighted by Crippen LogP contribution is -2.00. The Balaban J connectivity index is 1.16. The first-order chi connectivity index (χ1) is 25.3. The van der Waals surface area contributed by atoms with Gasteiger partial charge in [0.05, 0.1) is 0 Å². The molecule has 0 saturated carbocycles. The van der Waals surface area contributed by atoms with Crippen molar-refractivity contribution >= 4 is 43.5 Å². The summed E-state index contributed by atoms with van der Waals surface area (Å²) in [5.41, 5.74) is 9.28. The zero-order valence-corrected chi connectivity index (χ0v) is 27.5. The molecule has 0 radical (unpaired) electrons. The van der Waals surface area contributed by atoms with Crippen LogP contribution >= 0.6 is 0 Å². The maximum atomic E-state index is 6.58. The molecule has 2 heterocycles. The van der Waals surface area contributed by atoms with E-state index in [0.29, 0.717) is 17.5 Å². The molecule has 10 aromatic rings. The van der Waals surface area contributed by atoms with E-state index in [4.69, 9.17) is 19.4 Å². The Bertz CT molecular complexity index is 2840. The minimum atomic E-state index is 0.641. The van der Waals surface area contributed by atoms with Gasteiger partial charge >= 0.3 is 0 Å². The molecule has 0 N–H and O–H groups in total. The van der Waals surface area contributed by atoms with Gasteiger partial charge in [0.2, 0.25) is 0 Å². The largest absolute Gasteiger partial charge is 0.455 e. The molecule has 51 heavy (non-hydrogen) atoms. The summed E-state index contributed by atoms with van der Waals surface area (Å²) >= 11 is 0. The minimum absolute atomic E-state index is 0.641. The third kappa shape index (κ3) is 4.96. The zero-order valence-electron chi connectivity index (χ0n) is 27.5. The molecular formula is C47H29N3O. The minimum Gasteiger partial charge on any atom is -0.455 e. The van der Waals surface area contributed by atoms with Crippen LogP contribution < -0.4 is 0 Å². The molecule has 0 aliphatic carbocycles. The summed E-state index contributed by atoms with van der Waals surface area (Å²) in [5, 5.41) is 6.70. The van der Waals surface area contributed by atoms with Crippen molar-refractivity contribution in [2.24, 2.45) is 0 Å². The summed E-state index contributed by atoms with van der Waals surface area (Å²) in [6, 6.07) is 61.0. The average molecular weight is 652 g/mol. The van der Waals surface area contributed by atoms with Crippen molar-refractivity contribution < 1.29 is 4.42 Å². The van der Waals surface area contributed by atoms with E-state index in [1.54, 1.807) is 0 Å². The maximum absolute atomic E-state index is 6.58. The number of fused-ring (bicyclic) bond motifs is 6. The predicted molar refractivity (Wildman–Crippen MR) is 209 cm³/mol. The van der Waals surface area contributed by atoms with Gasteiger partial charge in [-0.15, -0.1) is 0 Å². The van der Waals surface area contributed by atoms with Crippen molar-refractivity contribution in [3.8, 4) is 56.4 Å². The number of rotatable bonds is 5. The Morgan fingerprint density at radius 3 is 1.41 bits per heavy atom. The standard InChI is InChI=1S/C47H29N3O/c1-4-14-30(15-5-1)40-29-42-41-28-33(24-27-43(41)51-44(42)38-23-13-12-22-37(38)40)34-25-26-39(36-21-11-10-20-35(34)36)47-49-45(31-16-6-2-7-17-31)48-46(50-47)32-18-8-3-9-19-32/h1-29H. The highest BCUT2D eigenvalue weighted by molar-refractivity contribution is 6.20. The fourth-order valence-corrected chi connectivity index (χ4v) is 7.30. The number of hydrogen-bond acceptors (Lipinski definition) is 4. The van der Waals surface area contributed by atoms with Crippen LogP contribution in [-0.2, 0) is 0 Å². The monoisotopic (exact) mass is 651 g/mol. The van der Waals surface area contributed by atoms with E-state index in [1.165, 1.54) is 16.5 Å². The molecule has 0 saturated heterocycles. The van der Waals surface area contributed by atoms with Crippen LogP contribution in [0.2, 0.25) is 0 Å². The van der Waals surface area contributed by atoms with E-state index in [-0.39, 0.29) is 0 Å². The maximum Gasteiger partial charge on any atom is 0.164 e. The van der Waals surface area contributed by atoms with Gasteiger partial charge in [0.25, 0.3) is 0 Å². The van der Waals surface area contributed by atoms with Crippen molar-refractivity contribution in [1.29, 1.82) is 0 Å². The molecule has 0 spiro atoms. The molecule has 2 aromatic heterocycles. The van der Waals surface area contributed by atoms with Crippen molar-refractivity contribution in [2.45, 2.75) is 0 Å². The van der Waals surface area contributed by atoms with Gasteiger partial charge in [0, 0.05) is 32.8 Å². The van der Waals surface area contributed by atoms with Gasteiger partial charge in [-0.25, -0.2) is 15.0 Å². The second-order valence-electron chi connectivity index (χ2n) is 12.8. The van der Waals surface area contributed by atoms with Gasteiger partial charge in [-0.05, 0) is 62.7 Å². The first-order valence-electron chi connectivity index (χ1n) is 17.1. The van der Waals surface area contributed by atoms with Gasteiger partial charge in [0.1, 0.15) is 11.2 Å². The molecule has 4 heteroatoms. The summed E-state index contributed by atoms with van der Waals surface area (Å²) < 4.78 is 6.58. The Morgan fingerprint density at radius 1 is 0.294 bits per heavy atom. The summed E-state index contributed by atoms with van der Waals surface area (Å²) in [4.78, 5) is 15.0. The molecule has 0 aliphatic heterocycles. The first-order valence-corrected chi connectivity index (χ1v) is 17.1. The Morgan fingerprint density at radius 2 is 0.784 bits per heavy atom. The van der Waals surface area contributed by atoms with Crippen LogP contribution in [0.15, 0.2) is 180 Å². The SMILES string of the molecule is c1ccc(-c2nc(-c3ccccc3)nc(-c3ccc(-c4ccc5oc6c7ccccc7c(-c7ccccc7)cc6c5c4)c4ccccc34)n2)cc1. The second kappa shape index (κ2) is 11.9. The number of furan rings is 1. The lowest BCUT2D eigenvalue weighted by Gasteiger charge is -2.13. The summed E-state index contributed by atoms with van der Waals surface area (Å²) in [7, 11) is 0. The number of nitrogens with zero attached hydrogens (tertiary/aromatic N) is 3. The molecule has 4 nitrogen and oxygen atoms in total. The molecule has 0 atom stereocenters. The lowest BCUT2D eigenvalue weighted by molar-refractivity contribution is 0.673. The van der Waals surface area contributed by atoms with Gasteiger partial charge in [-0.1, -0.05) is 152 Å². The van der Waals surface area contributed by atoms with Crippen molar-refractivity contribution in [3.63, 3.8) is 0 Å². The molecule has 10 rings (SSSR count). The van der Waals surface area contributed by atoms with Crippen LogP contribution in [0, 0.1) is 0 Å². The van der Waals surface area contributed by atoms with Crippen LogP contribution in [0.3, 0.4) is 0 Å². The molecule has 0 aliphatic rings. The third-order valence-electron chi connectivity index (χ3n) is 9.74. The van der Waals surface area contributed by atoms with E-state index in [2.05, 4.69) is 115 Å². The average Bonchev–Trinajstić information content (AvgIpc) is 3.59. The Labute approximate surface area is 294 Å². The number of aromatic nitrogens is 3. The van der Waals surface area contributed by atoms with Crippen LogP contribution in [0.25, 0.3) is 99.9 Å². The highest BCUT2D eigenvalue weighted by atomic mass is 16.3. The summed E-state index contributed by atoms with van der Waals surface area (Å²) in [6.45, 7) is 0. The fraction of sp³-hybridized carbons (Fsp3) is 0. The normalized spacial score (nSPS) is 11.5. The van der Waals surface area contributed by atoms with Crippen LogP contribution in [0.1, 0.15) is 0 Å². The lowest BCUT2D eigenvalue weighted by atomic mass is 9.93. The summed E-state index contributed by atoms with van der Waals surface area (Å²) in [6.07, 6.45) is 0. The van der Waals surface area contributed by atoms with E-state index >= 15 is 0 Å². The predicted octanol–water partition coefficient (Wildman–Crippen LogP) is 12.4. The molecule has 8 aromatic carbocycles. The van der Waals surface area contributed by atoms with Crippen molar-refractivity contribution in [2.75, 3.05) is 0 Å². The third-order valence-corrected chi connectivity index (χ3v) is 9.74. The summed E-state index contributed by atoms with van der Waals surface area (Å²) in [5.74, 6) is 1.93. The van der Waals surface area contributed by atoms with Gasteiger partial charge in [0.15, 0.2) is 17.5 Å². The first kappa shape index (κ1) is 29.0. The molecule has 0 amide bonds. The smallest absolute Gasteiger partial charge is 0.164 e. The fourth-order valence-electron chi connectivity index (χ4n) is 7.30. The zero-order chi connectivity index (χ0) is 33.7. The van der Waals surface area contributed by atoms with Gasteiger partial charge in [-0.3, -0.25) is 0 Å². The molecular weight excluding hydrogens is 623 g/mol. The van der Waals surface area contributed by atoms with Crippen LogP contribution in [-0.4, -0.2) is 15.0 Å². The van der Waals surface area contributed by atoms with Crippen molar-refractivity contribution in [3.05, 3.63) is 176 Å². The second-order valence-corrected chi connectivity index (χ2v) is 12.8. The highest BCUT2D eigenvalue weighted by Crippen LogP contribution is 2.42. The van der Waals surface area contributed by atoms with Gasteiger partial charge in [-0.2, -0.15) is 0 Å². The Hall–Kier alpha value is -6.91. The van der Waals surface area contributed by atoms with E-state index in [0.717, 1.165) is 65.9 Å². The number of benzene rings is 8.